The average Bonchev–Trinajstić information content (AvgIpc) is 3.24. The molecular formula is C17H20N4O3S2. The topological polar surface area (TPSA) is 90.0 Å². The molecule has 138 valence electrons. The third kappa shape index (κ3) is 3.99. The zero-order chi connectivity index (χ0) is 18.7. The fourth-order valence-corrected chi connectivity index (χ4v) is 4.38. The number of fused-ring (bicyclic) bond motifs is 1. The number of anilines is 1. The van der Waals surface area contributed by atoms with Crippen molar-refractivity contribution >= 4 is 45.0 Å². The molecule has 1 N–H and O–H groups in total. The van der Waals surface area contributed by atoms with Gasteiger partial charge < -0.3 is 9.84 Å². The van der Waals surface area contributed by atoms with Crippen molar-refractivity contribution in [3.05, 3.63) is 33.6 Å². The van der Waals surface area contributed by atoms with Gasteiger partial charge in [-0.15, -0.1) is 11.3 Å². The van der Waals surface area contributed by atoms with Crippen LogP contribution >= 0.6 is 23.1 Å². The number of thiophene rings is 1. The van der Waals surface area contributed by atoms with Gasteiger partial charge in [-0.3, -0.25) is 14.2 Å². The summed E-state index contributed by atoms with van der Waals surface area (Å²) in [4.78, 5) is 30.4. The van der Waals surface area contributed by atoms with Gasteiger partial charge in [-0.2, -0.15) is 0 Å². The number of nitrogens with zero attached hydrogens (tertiary/aromatic N) is 3. The van der Waals surface area contributed by atoms with Crippen molar-refractivity contribution in [2.45, 2.75) is 43.5 Å². The van der Waals surface area contributed by atoms with Crippen LogP contribution in [-0.2, 0) is 11.8 Å². The van der Waals surface area contributed by atoms with Crippen molar-refractivity contribution in [1.29, 1.82) is 0 Å². The minimum absolute atomic E-state index is 0.0967. The lowest BCUT2D eigenvalue weighted by molar-refractivity contribution is -0.115. The van der Waals surface area contributed by atoms with E-state index in [9.17, 15) is 9.59 Å². The molecule has 0 radical (unpaired) electrons. The van der Waals surface area contributed by atoms with Crippen LogP contribution in [0.5, 0.6) is 0 Å². The lowest BCUT2D eigenvalue weighted by atomic mass is 10.2. The predicted molar refractivity (Wildman–Crippen MR) is 104 cm³/mol. The van der Waals surface area contributed by atoms with E-state index < -0.39 is 0 Å². The summed E-state index contributed by atoms with van der Waals surface area (Å²) in [5.74, 6) is 0.854. The van der Waals surface area contributed by atoms with Crippen LogP contribution in [0.4, 0.5) is 5.82 Å². The minimum atomic E-state index is -0.373. The van der Waals surface area contributed by atoms with E-state index in [4.69, 9.17) is 4.52 Å². The molecule has 0 saturated carbocycles. The van der Waals surface area contributed by atoms with Crippen LogP contribution in [0.25, 0.3) is 10.2 Å². The van der Waals surface area contributed by atoms with Crippen molar-refractivity contribution < 1.29 is 9.32 Å². The fourth-order valence-electron chi connectivity index (χ4n) is 2.48. The maximum absolute atomic E-state index is 12.7. The molecular weight excluding hydrogens is 372 g/mol. The SMILES string of the molecule is CCCCC(Sc1nc2sccc2c(=O)n1C)C(=O)Nc1cc(C)on1. The maximum Gasteiger partial charge on any atom is 0.262 e. The molecule has 26 heavy (non-hydrogen) atoms. The number of thioether (sulfide) groups is 1. The lowest BCUT2D eigenvalue weighted by Gasteiger charge is -2.16. The number of nitrogens with one attached hydrogen (secondary N) is 1. The van der Waals surface area contributed by atoms with Crippen molar-refractivity contribution in [3.8, 4) is 0 Å². The molecule has 3 aromatic heterocycles. The van der Waals surface area contributed by atoms with Crippen molar-refractivity contribution in [2.24, 2.45) is 7.05 Å². The number of unbranched alkanes of at least 4 members (excludes halogenated alkanes) is 1. The summed E-state index contributed by atoms with van der Waals surface area (Å²) in [5, 5.41) is 9.21. The average molecular weight is 393 g/mol. The summed E-state index contributed by atoms with van der Waals surface area (Å²) in [7, 11) is 1.69. The van der Waals surface area contributed by atoms with Crippen LogP contribution in [0.3, 0.4) is 0 Å². The van der Waals surface area contributed by atoms with Gasteiger partial charge in [0.25, 0.3) is 5.56 Å². The summed E-state index contributed by atoms with van der Waals surface area (Å²) in [5.41, 5.74) is -0.0967. The molecule has 0 aliphatic rings. The summed E-state index contributed by atoms with van der Waals surface area (Å²) in [6, 6.07) is 3.45. The first-order valence-electron chi connectivity index (χ1n) is 8.34. The molecule has 1 unspecified atom stereocenters. The molecule has 0 aromatic carbocycles. The molecule has 0 spiro atoms. The predicted octanol–water partition coefficient (Wildman–Crippen LogP) is 3.58. The summed E-state index contributed by atoms with van der Waals surface area (Å²) in [6.45, 7) is 3.84. The number of carbonyl (C=O) groups excluding carboxylic acids is 1. The molecule has 1 amide bonds. The number of carbonyl (C=O) groups is 1. The smallest absolute Gasteiger partial charge is 0.262 e. The highest BCUT2D eigenvalue weighted by Gasteiger charge is 2.23. The lowest BCUT2D eigenvalue weighted by Crippen LogP contribution is -2.27. The molecule has 0 aliphatic heterocycles. The number of hydrogen-bond acceptors (Lipinski definition) is 7. The molecule has 3 rings (SSSR count). The zero-order valence-electron chi connectivity index (χ0n) is 14.8. The standard InChI is InChI=1S/C17H20N4O3S2/c1-4-5-6-12(14(22)18-13-9-10(2)24-20-13)26-17-19-15-11(7-8-25-15)16(23)21(17)3/h7-9,12H,4-6H2,1-3H3,(H,18,20,22). The van der Waals surface area contributed by atoms with Gasteiger partial charge in [0.2, 0.25) is 5.91 Å². The fraction of sp³-hybridized carbons (Fsp3) is 0.412. The van der Waals surface area contributed by atoms with Gasteiger partial charge in [-0.25, -0.2) is 4.98 Å². The number of aryl methyl sites for hydroxylation is 1. The second kappa shape index (κ2) is 8.05. The van der Waals surface area contributed by atoms with Crippen LogP contribution in [0.2, 0.25) is 0 Å². The first kappa shape index (κ1) is 18.7. The monoisotopic (exact) mass is 392 g/mol. The summed E-state index contributed by atoms with van der Waals surface area (Å²) >= 11 is 2.73. The normalized spacial score (nSPS) is 12.4. The molecule has 9 heteroatoms. The second-order valence-electron chi connectivity index (χ2n) is 5.96. The highest BCUT2D eigenvalue weighted by molar-refractivity contribution is 8.00. The van der Waals surface area contributed by atoms with Crippen molar-refractivity contribution in [1.82, 2.24) is 14.7 Å². The molecule has 0 bridgehead atoms. The van der Waals surface area contributed by atoms with Gasteiger partial charge in [0.05, 0.1) is 10.6 Å². The molecule has 0 aliphatic carbocycles. The first-order valence-corrected chi connectivity index (χ1v) is 10.1. The number of amides is 1. The Hall–Kier alpha value is -2.13. The van der Waals surface area contributed by atoms with Gasteiger partial charge in [0, 0.05) is 13.1 Å². The Morgan fingerprint density at radius 1 is 1.50 bits per heavy atom. The third-order valence-electron chi connectivity index (χ3n) is 3.90. The maximum atomic E-state index is 12.7. The molecule has 7 nitrogen and oxygen atoms in total. The van der Waals surface area contributed by atoms with E-state index in [1.54, 1.807) is 26.1 Å². The molecule has 3 heterocycles. The minimum Gasteiger partial charge on any atom is -0.360 e. The van der Waals surface area contributed by atoms with Crippen molar-refractivity contribution in [3.63, 3.8) is 0 Å². The van der Waals surface area contributed by atoms with E-state index in [1.165, 1.54) is 27.7 Å². The Bertz CT molecular complexity index is 976. The highest BCUT2D eigenvalue weighted by atomic mass is 32.2. The second-order valence-corrected chi connectivity index (χ2v) is 8.02. The Morgan fingerprint density at radius 3 is 3.00 bits per heavy atom. The van der Waals surface area contributed by atoms with Crippen LogP contribution in [0, 0.1) is 6.92 Å². The van der Waals surface area contributed by atoms with Crippen LogP contribution in [0.1, 0.15) is 31.9 Å². The van der Waals surface area contributed by atoms with Gasteiger partial charge in [-0.1, -0.05) is 36.7 Å². The molecule has 3 aromatic rings. The largest absolute Gasteiger partial charge is 0.360 e. The van der Waals surface area contributed by atoms with E-state index in [2.05, 4.69) is 22.4 Å². The molecule has 0 saturated heterocycles. The molecule has 1 atom stereocenters. The van der Waals surface area contributed by atoms with Crippen molar-refractivity contribution in [2.75, 3.05) is 5.32 Å². The van der Waals surface area contributed by atoms with Gasteiger partial charge in [-0.05, 0) is 24.8 Å². The quantitative estimate of drug-likeness (QED) is 0.488. The van der Waals surface area contributed by atoms with E-state index >= 15 is 0 Å². The number of hydrogen-bond donors (Lipinski definition) is 1. The summed E-state index contributed by atoms with van der Waals surface area (Å²) in [6.07, 6.45) is 2.56. The van der Waals surface area contributed by atoms with Gasteiger partial charge in [0.15, 0.2) is 11.0 Å². The van der Waals surface area contributed by atoms with Gasteiger partial charge in [0.1, 0.15) is 10.6 Å². The Morgan fingerprint density at radius 2 is 2.31 bits per heavy atom. The Kier molecular flexibility index (Phi) is 5.77. The zero-order valence-corrected chi connectivity index (χ0v) is 16.4. The van der Waals surface area contributed by atoms with Crippen LogP contribution in [-0.4, -0.2) is 25.9 Å². The van der Waals surface area contributed by atoms with E-state index in [0.717, 1.165) is 12.8 Å². The first-order chi connectivity index (χ1) is 12.5. The van der Waals surface area contributed by atoms with E-state index in [-0.39, 0.29) is 16.7 Å². The van der Waals surface area contributed by atoms with Gasteiger partial charge >= 0.3 is 0 Å². The van der Waals surface area contributed by atoms with Crippen LogP contribution in [0.15, 0.2) is 32.0 Å². The Balaban J connectivity index is 1.85. The number of aromatic nitrogens is 3. The van der Waals surface area contributed by atoms with E-state index in [1.807, 2.05) is 5.38 Å². The third-order valence-corrected chi connectivity index (χ3v) is 6.02. The Labute approximate surface area is 158 Å². The summed E-state index contributed by atoms with van der Waals surface area (Å²) < 4.78 is 6.50. The highest BCUT2D eigenvalue weighted by Crippen LogP contribution is 2.27. The number of rotatable bonds is 7. The van der Waals surface area contributed by atoms with E-state index in [0.29, 0.717) is 33.4 Å². The molecule has 0 fully saturated rings. The van der Waals surface area contributed by atoms with Crippen LogP contribution < -0.4 is 10.9 Å².